The van der Waals surface area contributed by atoms with Gasteiger partial charge in [-0.25, -0.2) is 0 Å². The Bertz CT molecular complexity index is 1020. The van der Waals surface area contributed by atoms with E-state index in [1.165, 1.54) is 32.1 Å². The fourth-order valence-corrected chi connectivity index (χ4v) is 3.77. The zero-order valence-electron chi connectivity index (χ0n) is 17.0. The molecule has 0 saturated carbocycles. The Balaban J connectivity index is 0.000000471. The second-order valence-corrected chi connectivity index (χ2v) is 10.2. The van der Waals surface area contributed by atoms with E-state index in [0.29, 0.717) is 0 Å². The molecule has 4 rings (SSSR count). The van der Waals surface area contributed by atoms with Gasteiger partial charge in [0.05, 0.1) is 0 Å². The number of rotatable bonds is 0. The van der Waals surface area contributed by atoms with Gasteiger partial charge >= 0.3 is 26.2 Å². The molecular weight excluding hydrogens is 480 g/mol. The Hall–Kier alpha value is -0.730. The van der Waals surface area contributed by atoms with Crippen molar-refractivity contribution in [3.05, 3.63) is 70.7 Å². The van der Waals surface area contributed by atoms with Crippen LogP contribution < -0.4 is 35.3 Å². The van der Waals surface area contributed by atoms with Crippen LogP contribution in [0.25, 0.3) is 23.1 Å². The van der Waals surface area contributed by atoms with E-state index >= 15 is 0 Å². The quantitative estimate of drug-likeness (QED) is 0.267. The number of fused-ring (bicyclic) bond motifs is 2. The second-order valence-electron chi connectivity index (χ2n) is 7.69. The largest absolute Gasteiger partial charge is 4.00 e. The molecule has 0 spiro atoms. The summed E-state index contributed by atoms with van der Waals surface area (Å²) in [7, 11) is -0.329. The number of benzene rings is 2. The van der Waals surface area contributed by atoms with Crippen LogP contribution >= 0.6 is 0 Å². The minimum absolute atomic E-state index is 0. The molecule has 144 valence electrons. The van der Waals surface area contributed by atoms with Crippen molar-refractivity contribution >= 4 is 36.6 Å². The van der Waals surface area contributed by atoms with Crippen LogP contribution in [0.3, 0.4) is 0 Å². The van der Waals surface area contributed by atoms with E-state index in [2.05, 4.69) is 99.7 Å². The van der Waals surface area contributed by atoms with Crippen molar-refractivity contribution < 1.29 is 51.0 Å². The number of aromatic nitrogens is 1. The Labute approximate surface area is 201 Å². The number of nitrogens with one attached hydrogen (secondary N) is 1. The summed E-state index contributed by atoms with van der Waals surface area (Å²) in [5.41, 5.74) is 2.61. The average Bonchev–Trinajstić information content (AvgIpc) is 3.19. The third kappa shape index (κ3) is 6.39. The van der Waals surface area contributed by atoms with Crippen LogP contribution in [0, 0.1) is 6.20 Å². The summed E-state index contributed by atoms with van der Waals surface area (Å²) in [5.74, 6) is 0. The van der Waals surface area contributed by atoms with Crippen molar-refractivity contribution in [1.29, 1.82) is 0 Å². The van der Waals surface area contributed by atoms with Crippen molar-refractivity contribution in [1.82, 2.24) is 4.98 Å². The monoisotopic (exact) mass is 503 g/mol. The molecule has 0 atom stereocenters. The number of H-pyrrole nitrogens is 1. The number of halogens is 2. The van der Waals surface area contributed by atoms with Crippen LogP contribution in [0.5, 0.6) is 0 Å². The van der Waals surface area contributed by atoms with Gasteiger partial charge in [-0.15, -0.1) is 64.1 Å². The average molecular weight is 506 g/mol. The Kier molecular flexibility index (Phi) is 11.2. The van der Waals surface area contributed by atoms with Gasteiger partial charge in [-0.2, -0.15) is 16.7 Å². The normalized spacial score (nSPS) is 11.4. The summed E-state index contributed by atoms with van der Waals surface area (Å²) in [6.45, 7) is 11.2. The van der Waals surface area contributed by atoms with E-state index in [1.807, 2.05) is 6.07 Å². The molecule has 1 aromatic heterocycles. The van der Waals surface area contributed by atoms with Crippen LogP contribution in [0.2, 0.25) is 13.1 Å². The molecule has 1 nitrogen and oxygen atoms in total. The summed E-state index contributed by atoms with van der Waals surface area (Å²) in [5, 5.41) is 5.30. The minimum Gasteiger partial charge on any atom is -1.00 e. The first kappa shape index (κ1) is 27.3. The van der Waals surface area contributed by atoms with Crippen molar-refractivity contribution in [2.45, 2.75) is 39.3 Å². The van der Waals surface area contributed by atoms with Crippen LogP contribution in [-0.2, 0) is 31.6 Å². The van der Waals surface area contributed by atoms with Gasteiger partial charge in [0.1, 0.15) is 0 Å². The summed E-state index contributed by atoms with van der Waals surface area (Å²) >= 11 is 0. The van der Waals surface area contributed by atoms with Crippen LogP contribution in [0.15, 0.2) is 48.5 Å². The van der Waals surface area contributed by atoms with Crippen molar-refractivity contribution in [3.8, 4) is 0 Å². The summed E-state index contributed by atoms with van der Waals surface area (Å²) in [6, 6.07) is 16.8. The first-order chi connectivity index (χ1) is 11.9. The third-order valence-corrected chi connectivity index (χ3v) is 5.68. The van der Waals surface area contributed by atoms with Gasteiger partial charge in [-0.3, -0.25) is 0 Å². The number of hydrogen-bond acceptors (Lipinski definition) is 0. The summed E-state index contributed by atoms with van der Waals surface area (Å²) in [4.78, 5) is 3.17. The summed E-state index contributed by atoms with van der Waals surface area (Å²) < 4.78 is 0. The van der Waals surface area contributed by atoms with Gasteiger partial charge in [-0.1, -0.05) is 52.1 Å². The van der Waals surface area contributed by atoms with Gasteiger partial charge in [-0.05, 0) is 13.8 Å². The maximum absolute atomic E-state index is 3.44. The van der Waals surface area contributed by atoms with E-state index < -0.39 is 0 Å². The molecule has 1 N–H and O–H groups in total. The molecule has 0 saturated heterocycles. The van der Waals surface area contributed by atoms with E-state index in [1.54, 1.807) is 0 Å². The molecule has 1 aliphatic rings. The van der Waals surface area contributed by atoms with E-state index in [4.69, 9.17) is 0 Å². The standard InChI is InChI=1S/C12H14N.C11H11Si.2ClH.Zr/c1-12(2,3)10-8-13-11-7-5-4-6-9(10)11;1-12(2)11-7-9-5-3-4-6-10(9)8-11;;;/h4-7,13H,1-3H3;3-7H,1-2H3;2*1H;/q2*-1;;;+4/p-2. The number of hydrogen-bond donors (Lipinski definition) is 1. The van der Waals surface area contributed by atoms with Gasteiger partial charge in [0.25, 0.3) is 0 Å². The number of aromatic amines is 1. The van der Waals surface area contributed by atoms with E-state index in [-0.39, 0.29) is 64.8 Å². The molecule has 0 amide bonds. The smallest absolute Gasteiger partial charge is 1.00 e. The summed E-state index contributed by atoms with van der Waals surface area (Å²) in [6.07, 6.45) is 8.94. The first-order valence-corrected chi connectivity index (χ1v) is 11.2. The fourth-order valence-electron chi connectivity index (χ4n) is 2.94. The number of para-hydroxylation sites is 1. The second kappa shape index (κ2) is 11.5. The molecule has 1 heterocycles. The predicted molar refractivity (Wildman–Crippen MR) is 112 cm³/mol. The zero-order chi connectivity index (χ0) is 18.0. The van der Waals surface area contributed by atoms with Crippen molar-refractivity contribution in [2.75, 3.05) is 0 Å². The van der Waals surface area contributed by atoms with Crippen LogP contribution in [0.1, 0.15) is 26.3 Å². The third-order valence-electron chi connectivity index (χ3n) is 4.34. The Morgan fingerprint density at radius 1 is 0.893 bits per heavy atom. The molecule has 3 aromatic rings. The van der Waals surface area contributed by atoms with Gasteiger partial charge in [0.2, 0.25) is 0 Å². The van der Waals surface area contributed by atoms with Crippen LogP contribution in [0.4, 0.5) is 0 Å². The topological polar surface area (TPSA) is 15.8 Å². The molecule has 0 radical (unpaired) electrons. The van der Waals surface area contributed by atoms with Crippen molar-refractivity contribution in [3.63, 3.8) is 0 Å². The molecule has 0 bridgehead atoms. The van der Waals surface area contributed by atoms with Gasteiger partial charge < -0.3 is 29.8 Å². The zero-order valence-corrected chi connectivity index (χ0v) is 21.9. The van der Waals surface area contributed by atoms with Crippen molar-refractivity contribution in [2.24, 2.45) is 0 Å². The molecule has 0 fully saturated rings. The van der Waals surface area contributed by atoms with E-state index in [0.717, 1.165) is 0 Å². The SMILES string of the molecule is CC(C)(C)c1[c-][nH]c2ccccc12.C[Si](C)=C1[C-]=c2ccccc2=C1.[Cl-].[Cl-].[Zr+4]. The Morgan fingerprint density at radius 2 is 1.50 bits per heavy atom. The first-order valence-electron chi connectivity index (χ1n) is 8.73. The molecule has 0 unspecified atom stereocenters. The molecule has 1 aliphatic carbocycles. The molecular formula is C23H25Cl2NSiZr. The maximum Gasteiger partial charge on any atom is 4.00 e. The van der Waals surface area contributed by atoms with Crippen LogP contribution in [-0.4, -0.2) is 18.6 Å². The predicted octanol–water partition coefficient (Wildman–Crippen LogP) is -2.08. The molecule has 28 heavy (non-hydrogen) atoms. The van der Waals surface area contributed by atoms with Gasteiger partial charge in [0, 0.05) is 0 Å². The maximum atomic E-state index is 3.44. The minimum atomic E-state index is -0.329. The molecule has 0 aliphatic heterocycles. The molecule has 2 aromatic carbocycles. The Morgan fingerprint density at radius 3 is 2.11 bits per heavy atom. The molecule has 5 heteroatoms. The van der Waals surface area contributed by atoms with E-state index in [9.17, 15) is 0 Å². The van der Waals surface area contributed by atoms with Gasteiger partial charge in [0.15, 0.2) is 0 Å². The fraction of sp³-hybridized carbons (Fsp3) is 0.261.